The first kappa shape index (κ1) is 28.3. The van der Waals surface area contributed by atoms with E-state index in [4.69, 9.17) is 0 Å². The van der Waals surface area contributed by atoms with Crippen molar-refractivity contribution in [1.29, 1.82) is 0 Å². The van der Waals surface area contributed by atoms with Gasteiger partial charge in [-0.1, -0.05) is 51.1 Å². The van der Waals surface area contributed by atoms with Gasteiger partial charge >= 0.3 is 0 Å². The fourth-order valence-corrected chi connectivity index (χ4v) is 4.87. The van der Waals surface area contributed by atoms with E-state index in [-0.39, 0.29) is 18.4 Å². The summed E-state index contributed by atoms with van der Waals surface area (Å²) in [6.07, 6.45) is 1.39. The molecule has 9 heteroatoms. The molecule has 7 nitrogen and oxygen atoms in total. The molecule has 0 aromatic heterocycles. The highest BCUT2D eigenvalue weighted by atomic mass is 32.2. The highest BCUT2D eigenvalue weighted by Crippen LogP contribution is 2.27. The molecule has 35 heavy (non-hydrogen) atoms. The number of anilines is 1. The van der Waals surface area contributed by atoms with Crippen LogP contribution in [0.1, 0.15) is 43.9 Å². The minimum atomic E-state index is -3.81. The third-order valence-electron chi connectivity index (χ3n) is 5.70. The average molecular weight is 506 g/mol. The Bertz CT molecular complexity index is 1110. The van der Waals surface area contributed by atoms with Crippen LogP contribution in [-0.2, 0) is 26.2 Å². The molecule has 0 aliphatic rings. The average Bonchev–Trinajstić information content (AvgIpc) is 2.77. The van der Waals surface area contributed by atoms with Crippen molar-refractivity contribution in [3.8, 4) is 0 Å². The van der Waals surface area contributed by atoms with Crippen molar-refractivity contribution in [2.45, 2.75) is 53.6 Å². The van der Waals surface area contributed by atoms with Crippen molar-refractivity contribution in [2.24, 2.45) is 5.92 Å². The van der Waals surface area contributed by atoms with Crippen LogP contribution in [0.5, 0.6) is 0 Å². The number of para-hydroxylation sites is 1. The zero-order valence-electron chi connectivity index (χ0n) is 21.3. The van der Waals surface area contributed by atoms with Gasteiger partial charge in [-0.05, 0) is 55.0 Å². The van der Waals surface area contributed by atoms with Crippen LogP contribution in [0.3, 0.4) is 0 Å². The van der Waals surface area contributed by atoms with Crippen LogP contribution in [0.15, 0.2) is 42.5 Å². The molecule has 2 amide bonds. The van der Waals surface area contributed by atoms with Crippen LogP contribution in [0.2, 0.25) is 0 Å². The Morgan fingerprint density at radius 2 is 1.60 bits per heavy atom. The summed E-state index contributed by atoms with van der Waals surface area (Å²) < 4.78 is 40.1. The molecule has 1 unspecified atom stereocenters. The SMILES string of the molecule is CCC(C(=O)NCC(C)C)N(Cc1ccc(F)cc1)C(=O)CN(c1c(C)cccc1C)S(C)(=O)=O. The lowest BCUT2D eigenvalue weighted by atomic mass is 10.1. The Hall–Kier alpha value is -2.94. The molecular weight excluding hydrogens is 469 g/mol. The van der Waals surface area contributed by atoms with E-state index in [1.807, 2.05) is 19.9 Å². The summed E-state index contributed by atoms with van der Waals surface area (Å²) >= 11 is 0. The minimum absolute atomic E-state index is 0.0388. The summed E-state index contributed by atoms with van der Waals surface area (Å²) in [4.78, 5) is 28.1. The molecule has 0 saturated heterocycles. The molecule has 0 radical (unpaired) electrons. The molecule has 2 rings (SSSR count). The largest absolute Gasteiger partial charge is 0.354 e. The summed E-state index contributed by atoms with van der Waals surface area (Å²) in [5, 5.41) is 2.87. The Balaban J connectivity index is 2.47. The minimum Gasteiger partial charge on any atom is -0.354 e. The molecule has 0 heterocycles. The summed E-state index contributed by atoms with van der Waals surface area (Å²) in [5.41, 5.74) is 2.51. The molecule has 2 aromatic carbocycles. The van der Waals surface area contributed by atoms with E-state index in [0.717, 1.165) is 21.7 Å². The molecule has 2 aromatic rings. The molecule has 192 valence electrons. The second-order valence-corrected chi connectivity index (χ2v) is 11.1. The second-order valence-electron chi connectivity index (χ2n) is 9.22. The topological polar surface area (TPSA) is 86.8 Å². The van der Waals surface area contributed by atoms with Gasteiger partial charge in [0.15, 0.2) is 0 Å². The number of rotatable bonds is 11. The smallest absolute Gasteiger partial charge is 0.244 e. The van der Waals surface area contributed by atoms with Gasteiger partial charge in [0.1, 0.15) is 18.4 Å². The second kappa shape index (κ2) is 12.2. The van der Waals surface area contributed by atoms with E-state index in [1.54, 1.807) is 45.0 Å². The van der Waals surface area contributed by atoms with Crippen LogP contribution in [0.4, 0.5) is 10.1 Å². The molecule has 0 bridgehead atoms. The van der Waals surface area contributed by atoms with Gasteiger partial charge in [0.2, 0.25) is 21.8 Å². The number of hydrogen-bond donors (Lipinski definition) is 1. The zero-order chi connectivity index (χ0) is 26.3. The van der Waals surface area contributed by atoms with Crippen molar-refractivity contribution in [2.75, 3.05) is 23.7 Å². The molecule has 0 aliphatic heterocycles. The number of amides is 2. The van der Waals surface area contributed by atoms with E-state index < -0.39 is 34.3 Å². The van der Waals surface area contributed by atoms with Crippen LogP contribution in [0.25, 0.3) is 0 Å². The maximum atomic E-state index is 13.7. The number of sulfonamides is 1. The Labute approximate surface area is 208 Å². The number of hydrogen-bond acceptors (Lipinski definition) is 4. The van der Waals surface area contributed by atoms with E-state index >= 15 is 0 Å². The van der Waals surface area contributed by atoms with Gasteiger partial charge < -0.3 is 10.2 Å². The van der Waals surface area contributed by atoms with Crippen molar-refractivity contribution < 1.29 is 22.4 Å². The lowest BCUT2D eigenvalue weighted by Crippen LogP contribution is -2.52. The van der Waals surface area contributed by atoms with Crippen LogP contribution in [-0.4, -0.2) is 50.5 Å². The zero-order valence-corrected chi connectivity index (χ0v) is 22.2. The lowest BCUT2D eigenvalue weighted by Gasteiger charge is -2.33. The third kappa shape index (κ3) is 7.78. The predicted molar refractivity (Wildman–Crippen MR) is 137 cm³/mol. The molecule has 0 fully saturated rings. The quantitative estimate of drug-likeness (QED) is 0.504. The first-order chi connectivity index (χ1) is 16.3. The van der Waals surface area contributed by atoms with Crippen molar-refractivity contribution in [1.82, 2.24) is 10.2 Å². The van der Waals surface area contributed by atoms with Crippen LogP contribution < -0.4 is 9.62 Å². The van der Waals surface area contributed by atoms with Gasteiger partial charge in [-0.3, -0.25) is 13.9 Å². The number of nitrogens with one attached hydrogen (secondary N) is 1. The third-order valence-corrected chi connectivity index (χ3v) is 6.82. The van der Waals surface area contributed by atoms with Gasteiger partial charge in [-0.2, -0.15) is 0 Å². The Kier molecular flexibility index (Phi) is 9.82. The number of carbonyl (C=O) groups is 2. The first-order valence-electron chi connectivity index (χ1n) is 11.7. The van der Waals surface area contributed by atoms with Crippen LogP contribution in [0, 0.1) is 25.6 Å². The van der Waals surface area contributed by atoms with Crippen molar-refractivity contribution in [3.05, 3.63) is 65.0 Å². The normalized spacial score (nSPS) is 12.3. The summed E-state index contributed by atoms with van der Waals surface area (Å²) in [5.74, 6) is -1.02. The van der Waals surface area contributed by atoms with Gasteiger partial charge in [0.05, 0.1) is 11.9 Å². The lowest BCUT2D eigenvalue weighted by molar-refractivity contribution is -0.140. The summed E-state index contributed by atoms with van der Waals surface area (Å²) in [6.45, 7) is 9.34. The first-order valence-corrected chi connectivity index (χ1v) is 13.6. The number of halogens is 1. The van der Waals surface area contributed by atoms with Crippen molar-refractivity contribution in [3.63, 3.8) is 0 Å². The predicted octanol–water partition coefficient (Wildman–Crippen LogP) is 3.79. The number of benzene rings is 2. The van der Waals surface area contributed by atoms with Gasteiger partial charge in [-0.15, -0.1) is 0 Å². The monoisotopic (exact) mass is 505 g/mol. The summed E-state index contributed by atoms with van der Waals surface area (Å²) in [7, 11) is -3.81. The number of carbonyl (C=O) groups excluding carboxylic acids is 2. The molecular formula is C26H36FN3O4S. The van der Waals surface area contributed by atoms with Gasteiger partial charge in [0.25, 0.3) is 0 Å². The standard InChI is InChI=1S/C26H36FN3O4S/c1-7-23(26(32)28-15-18(2)3)29(16-21-11-13-22(27)14-12-21)24(31)17-30(35(6,33)34)25-19(4)9-8-10-20(25)5/h8-14,18,23H,7,15-17H2,1-6H3,(H,28,32). The molecule has 0 spiro atoms. The van der Waals surface area contributed by atoms with E-state index in [1.165, 1.54) is 17.0 Å². The fraction of sp³-hybridized carbons (Fsp3) is 0.462. The van der Waals surface area contributed by atoms with Gasteiger partial charge in [0, 0.05) is 13.1 Å². The highest BCUT2D eigenvalue weighted by molar-refractivity contribution is 7.92. The molecule has 1 atom stereocenters. The molecule has 0 saturated carbocycles. The van der Waals surface area contributed by atoms with Crippen LogP contribution >= 0.6 is 0 Å². The van der Waals surface area contributed by atoms with E-state index in [9.17, 15) is 22.4 Å². The number of aryl methyl sites for hydroxylation is 2. The maximum absolute atomic E-state index is 13.7. The molecule has 1 N–H and O–H groups in total. The summed E-state index contributed by atoms with van der Waals surface area (Å²) in [6, 6.07) is 10.3. The fourth-order valence-electron chi connectivity index (χ4n) is 3.90. The number of nitrogens with zero attached hydrogens (tertiary/aromatic N) is 2. The van der Waals surface area contributed by atoms with Gasteiger partial charge in [-0.25, -0.2) is 12.8 Å². The van der Waals surface area contributed by atoms with E-state index in [2.05, 4.69) is 5.32 Å². The molecule has 0 aliphatic carbocycles. The Morgan fingerprint density at radius 1 is 1.03 bits per heavy atom. The van der Waals surface area contributed by atoms with Crippen molar-refractivity contribution >= 4 is 27.5 Å². The van der Waals surface area contributed by atoms with E-state index in [0.29, 0.717) is 24.2 Å². The maximum Gasteiger partial charge on any atom is 0.244 e. The Morgan fingerprint density at radius 3 is 2.09 bits per heavy atom. The highest BCUT2D eigenvalue weighted by Gasteiger charge is 2.32.